The molecule has 21 heavy (non-hydrogen) atoms. The Bertz CT molecular complexity index is 666. The predicted molar refractivity (Wildman–Crippen MR) is 87.0 cm³/mol. The lowest BCUT2D eigenvalue weighted by atomic mass is 10.3. The number of nitrogens with one attached hydrogen (secondary N) is 1. The van der Waals surface area contributed by atoms with Gasteiger partial charge in [0.25, 0.3) is 0 Å². The summed E-state index contributed by atoms with van der Waals surface area (Å²) in [5.41, 5.74) is 1.29. The van der Waals surface area contributed by atoms with E-state index >= 15 is 0 Å². The molecule has 0 fully saturated rings. The fraction of sp³-hybridized carbons (Fsp3) is 0.333. The molecule has 0 aliphatic rings. The molecular formula is C15H20N2O2S2. The van der Waals surface area contributed by atoms with E-state index in [0.717, 1.165) is 6.54 Å². The van der Waals surface area contributed by atoms with Crippen LogP contribution in [0.3, 0.4) is 0 Å². The summed E-state index contributed by atoms with van der Waals surface area (Å²) < 4.78 is 26.7. The van der Waals surface area contributed by atoms with Crippen molar-refractivity contribution >= 4 is 21.4 Å². The first-order valence-corrected chi connectivity index (χ1v) is 9.11. The van der Waals surface area contributed by atoms with Gasteiger partial charge in [-0.2, -0.15) is 0 Å². The smallest absolute Gasteiger partial charge is 0.240 e. The fourth-order valence-electron chi connectivity index (χ4n) is 1.94. The van der Waals surface area contributed by atoms with Crippen molar-refractivity contribution in [2.24, 2.45) is 0 Å². The molecule has 0 atom stereocenters. The van der Waals surface area contributed by atoms with Gasteiger partial charge in [0.15, 0.2) is 0 Å². The molecular weight excluding hydrogens is 304 g/mol. The highest BCUT2D eigenvalue weighted by molar-refractivity contribution is 7.89. The minimum Gasteiger partial charge on any atom is -0.300 e. The molecule has 0 bridgehead atoms. The number of hydrogen-bond donors (Lipinski definition) is 1. The maximum atomic E-state index is 12.1. The summed E-state index contributed by atoms with van der Waals surface area (Å²) in [6, 6.07) is 10.5. The summed E-state index contributed by atoms with van der Waals surface area (Å²) in [6.45, 7) is 4.01. The molecule has 0 amide bonds. The van der Waals surface area contributed by atoms with Crippen LogP contribution in [0.2, 0.25) is 0 Å². The van der Waals surface area contributed by atoms with E-state index in [9.17, 15) is 8.42 Å². The second kappa shape index (κ2) is 7.17. The van der Waals surface area contributed by atoms with Crippen molar-refractivity contribution in [2.75, 3.05) is 20.1 Å². The SMILES string of the molecule is Cc1ccsc1CN(C)CCNS(=O)(=O)c1ccccc1. The van der Waals surface area contributed by atoms with Crippen LogP contribution in [0.4, 0.5) is 0 Å². The zero-order valence-electron chi connectivity index (χ0n) is 12.2. The van der Waals surface area contributed by atoms with Gasteiger partial charge in [-0.25, -0.2) is 13.1 Å². The van der Waals surface area contributed by atoms with Crippen LogP contribution < -0.4 is 4.72 Å². The largest absolute Gasteiger partial charge is 0.300 e. The van der Waals surface area contributed by atoms with E-state index in [1.165, 1.54) is 10.4 Å². The van der Waals surface area contributed by atoms with Crippen LogP contribution in [0.25, 0.3) is 0 Å². The first-order chi connectivity index (χ1) is 9.99. The maximum absolute atomic E-state index is 12.1. The van der Waals surface area contributed by atoms with Crippen molar-refractivity contribution in [3.05, 3.63) is 52.2 Å². The average Bonchev–Trinajstić information content (AvgIpc) is 2.85. The van der Waals surface area contributed by atoms with Crippen LogP contribution in [-0.4, -0.2) is 33.5 Å². The third kappa shape index (κ3) is 4.64. The van der Waals surface area contributed by atoms with E-state index < -0.39 is 10.0 Å². The van der Waals surface area contributed by atoms with Crippen molar-refractivity contribution in [1.82, 2.24) is 9.62 Å². The molecule has 4 nitrogen and oxygen atoms in total. The summed E-state index contributed by atoms with van der Waals surface area (Å²) in [5, 5.41) is 2.08. The molecule has 0 aliphatic heterocycles. The van der Waals surface area contributed by atoms with Crippen molar-refractivity contribution in [3.8, 4) is 0 Å². The molecule has 0 unspecified atom stereocenters. The van der Waals surface area contributed by atoms with Crippen LogP contribution in [0.15, 0.2) is 46.7 Å². The Morgan fingerprint density at radius 1 is 1.19 bits per heavy atom. The Labute approximate surface area is 130 Å². The Kier molecular flexibility index (Phi) is 5.52. The molecule has 1 heterocycles. The summed E-state index contributed by atoms with van der Waals surface area (Å²) in [4.78, 5) is 3.75. The molecule has 0 radical (unpaired) electrons. The Morgan fingerprint density at radius 3 is 2.52 bits per heavy atom. The molecule has 6 heteroatoms. The summed E-state index contributed by atoms with van der Waals surface area (Å²) in [5.74, 6) is 0. The number of likely N-dealkylation sites (N-methyl/N-ethyl adjacent to an activating group) is 1. The Morgan fingerprint density at radius 2 is 1.90 bits per heavy atom. The minimum atomic E-state index is -3.40. The number of benzene rings is 1. The number of aryl methyl sites for hydroxylation is 1. The number of hydrogen-bond acceptors (Lipinski definition) is 4. The van der Waals surface area contributed by atoms with Gasteiger partial charge in [0.2, 0.25) is 10.0 Å². The molecule has 0 aliphatic carbocycles. The lowest BCUT2D eigenvalue weighted by molar-refractivity contribution is 0.334. The van der Waals surface area contributed by atoms with E-state index in [-0.39, 0.29) is 0 Å². The molecule has 114 valence electrons. The van der Waals surface area contributed by atoms with Crippen LogP contribution in [-0.2, 0) is 16.6 Å². The Balaban J connectivity index is 1.83. The summed E-state index contributed by atoms with van der Waals surface area (Å²) >= 11 is 1.73. The van der Waals surface area contributed by atoms with Crippen LogP contribution >= 0.6 is 11.3 Å². The topological polar surface area (TPSA) is 49.4 Å². The van der Waals surface area contributed by atoms with Crippen molar-refractivity contribution in [3.63, 3.8) is 0 Å². The van der Waals surface area contributed by atoms with Gasteiger partial charge in [0, 0.05) is 24.5 Å². The minimum absolute atomic E-state index is 0.307. The van der Waals surface area contributed by atoms with Crippen molar-refractivity contribution in [2.45, 2.75) is 18.4 Å². The monoisotopic (exact) mass is 324 g/mol. The molecule has 0 saturated heterocycles. The highest BCUT2D eigenvalue weighted by Gasteiger charge is 2.13. The van der Waals surface area contributed by atoms with Gasteiger partial charge in [-0.1, -0.05) is 18.2 Å². The van der Waals surface area contributed by atoms with Gasteiger partial charge in [0.1, 0.15) is 0 Å². The highest BCUT2D eigenvalue weighted by Crippen LogP contribution is 2.16. The fourth-order valence-corrected chi connectivity index (χ4v) is 3.97. The first kappa shape index (κ1) is 16.2. The van der Waals surface area contributed by atoms with E-state index in [1.807, 2.05) is 7.05 Å². The van der Waals surface area contributed by atoms with Gasteiger partial charge >= 0.3 is 0 Å². The van der Waals surface area contributed by atoms with Crippen LogP contribution in [0.5, 0.6) is 0 Å². The lowest BCUT2D eigenvalue weighted by Gasteiger charge is -2.16. The van der Waals surface area contributed by atoms with E-state index in [2.05, 4.69) is 28.0 Å². The lowest BCUT2D eigenvalue weighted by Crippen LogP contribution is -2.32. The van der Waals surface area contributed by atoms with Crippen LogP contribution in [0.1, 0.15) is 10.4 Å². The molecule has 2 aromatic rings. The van der Waals surface area contributed by atoms with E-state index in [4.69, 9.17) is 0 Å². The number of rotatable bonds is 7. The second-order valence-electron chi connectivity index (χ2n) is 4.98. The second-order valence-corrected chi connectivity index (χ2v) is 7.74. The summed E-state index contributed by atoms with van der Waals surface area (Å²) in [7, 11) is -1.40. The zero-order chi connectivity index (χ0) is 15.3. The van der Waals surface area contributed by atoms with Crippen molar-refractivity contribution < 1.29 is 8.42 Å². The van der Waals surface area contributed by atoms with Gasteiger partial charge in [0.05, 0.1) is 4.90 Å². The molecule has 1 aromatic heterocycles. The van der Waals surface area contributed by atoms with Crippen molar-refractivity contribution in [1.29, 1.82) is 0 Å². The quantitative estimate of drug-likeness (QED) is 0.851. The normalized spacial score (nSPS) is 12.0. The maximum Gasteiger partial charge on any atom is 0.240 e. The number of nitrogens with zero attached hydrogens (tertiary/aromatic N) is 1. The standard InChI is InChI=1S/C15H20N2O2S2/c1-13-8-11-20-15(13)12-17(2)10-9-16-21(18,19)14-6-4-3-5-7-14/h3-8,11,16H,9-10,12H2,1-2H3. The molecule has 2 rings (SSSR count). The zero-order valence-corrected chi connectivity index (χ0v) is 13.9. The molecule has 1 aromatic carbocycles. The first-order valence-electron chi connectivity index (χ1n) is 6.75. The summed E-state index contributed by atoms with van der Waals surface area (Å²) in [6.07, 6.45) is 0. The van der Waals surface area contributed by atoms with E-state index in [1.54, 1.807) is 41.7 Å². The van der Waals surface area contributed by atoms with Gasteiger partial charge in [-0.3, -0.25) is 4.90 Å². The van der Waals surface area contributed by atoms with Gasteiger partial charge in [-0.05, 0) is 43.1 Å². The van der Waals surface area contributed by atoms with E-state index in [0.29, 0.717) is 18.0 Å². The van der Waals surface area contributed by atoms with Gasteiger partial charge in [-0.15, -0.1) is 11.3 Å². The average molecular weight is 324 g/mol. The number of thiophene rings is 1. The van der Waals surface area contributed by atoms with Crippen LogP contribution in [0, 0.1) is 6.92 Å². The molecule has 1 N–H and O–H groups in total. The third-order valence-corrected chi connectivity index (χ3v) is 5.71. The predicted octanol–water partition coefficient (Wildman–Crippen LogP) is 2.47. The third-order valence-electron chi connectivity index (χ3n) is 3.22. The van der Waals surface area contributed by atoms with Gasteiger partial charge < -0.3 is 0 Å². The molecule has 0 saturated carbocycles. The Hall–Kier alpha value is -1.21. The highest BCUT2D eigenvalue weighted by atomic mass is 32.2. The number of sulfonamides is 1. The molecule has 0 spiro atoms.